The van der Waals surface area contributed by atoms with E-state index in [1.807, 2.05) is 36.6 Å². The first-order valence-electron chi connectivity index (χ1n) is 9.27. The van der Waals surface area contributed by atoms with Crippen LogP contribution in [-0.4, -0.2) is 20.7 Å². The number of halogens is 1. The van der Waals surface area contributed by atoms with Crippen LogP contribution in [0.1, 0.15) is 26.4 Å². The van der Waals surface area contributed by atoms with Gasteiger partial charge >= 0.3 is 0 Å². The molecule has 4 aromatic rings. The van der Waals surface area contributed by atoms with E-state index in [0.717, 1.165) is 22.4 Å². The van der Waals surface area contributed by atoms with Crippen LogP contribution in [0.4, 0.5) is 10.3 Å². The highest BCUT2D eigenvalue weighted by Gasteiger charge is 2.12. The number of amides is 1. The normalized spacial score (nSPS) is 10.7. The van der Waals surface area contributed by atoms with Crippen LogP contribution in [0.25, 0.3) is 0 Å². The predicted molar refractivity (Wildman–Crippen MR) is 113 cm³/mol. The van der Waals surface area contributed by atoms with Gasteiger partial charge in [0.15, 0.2) is 0 Å². The van der Waals surface area contributed by atoms with Gasteiger partial charge in [0, 0.05) is 5.56 Å². The fraction of sp³-hybridized carbons (Fsp3) is 0.136. The van der Waals surface area contributed by atoms with Gasteiger partial charge in [-0.15, -0.1) is 16.4 Å². The quantitative estimate of drug-likeness (QED) is 0.470. The van der Waals surface area contributed by atoms with Crippen LogP contribution in [0.5, 0.6) is 5.75 Å². The fourth-order valence-corrected chi connectivity index (χ4v) is 3.60. The molecule has 2 heterocycles. The minimum absolute atomic E-state index is 0.216. The first-order chi connectivity index (χ1) is 14.5. The zero-order valence-corrected chi connectivity index (χ0v) is 17.0. The number of ether oxygens (including phenoxy) is 1. The van der Waals surface area contributed by atoms with Gasteiger partial charge in [-0.2, -0.15) is 0 Å². The Kier molecular flexibility index (Phi) is 5.85. The number of rotatable bonds is 7. The molecule has 0 unspecified atom stereocenters. The standard InChI is InChI=1S/C22H19FN4O2S/c1-15-3-2-4-19(9-15)29-12-17-10-20(30-13-17)21(28)25-22-24-14-27(26-22)11-16-5-7-18(23)8-6-16/h2-10,13-14H,11-12H2,1H3,(H,25,26,28). The van der Waals surface area contributed by atoms with Crippen LogP contribution in [0.15, 0.2) is 66.3 Å². The third kappa shape index (κ3) is 5.09. The van der Waals surface area contributed by atoms with E-state index in [-0.39, 0.29) is 17.7 Å². The van der Waals surface area contributed by atoms with E-state index in [2.05, 4.69) is 15.4 Å². The molecule has 4 rings (SSSR count). The summed E-state index contributed by atoms with van der Waals surface area (Å²) < 4.78 is 20.4. The molecule has 0 atom stereocenters. The summed E-state index contributed by atoms with van der Waals surface area (Å²) in [6.45, 7) is 2.83. The zero-order chi connectivity index (χ0) is 20.9. The van der Waals surface area contributed by atoms with E-state index in [9.17, 15) is 9.18 Å². The predicted octanol–water partition coefficient (Wildman–Crippen LogP) is 4.67. The Bertz CT molecular complexity index is 1150. The lowest BCUT2D eigenvalue weighted by atomic mass is 10.2. The third-order valence-corrected chi connectivity index (χ3v) is 5.27. The molecule has 2 aromatic heterocycles. The van der Waals surface area contributed by atoms with Gasteiger partial charge in [0.1, 0.15) is 24.5 Å². The maximum Gasteiger partial charge on any atom is 0.268 e. The molecule has 152 valence electrons. The van der Waals surface area contributed by atoms with Crippen molar-refractivity contribution in [2.75, 3.05) is 5.32 Å². The van der Waals surface area contributed by atoms with Gasteiger partial charge in [0.05, 0.1) is 11.4 Å². The minimum Gasteiger partial charge on any atom is -0.489 e. The van der Waals surface area contributed by atoms with Gasteiger partial charge in [-0.1, -0.05) is 24.3 Å². The summed E-state index contributed by atoms with van der Waals surface area (Å²) in [5, 5.41) is 8.83. The molecular weight excluding hydrogens is 403 g/mol. The van der Waals surface area contributed by atoms with Crippen LogP contribution >= 0.6 is 11.3 Å². The number of nitrogens with zero attached hydrogens (tertiary/aromatic N) is 3. The Hall–Kier alpha value is -3.52. The zero-order valence-electron chi connectivity index (χ0n) is 16.2. The number of carbonyl (C=O) groups is 1. The third-order valence-electron chi connectivity index (χ3n) is 4.29. The van der Waals surface area contributed by atoms with Crippen LogP contribution in [-0.2, 0) is 13.2 Å². The molecule has 0 saturated heterocycles. The van der Waals surface area contributed by atoms with Crippen molar-refractivity contribution in [3.63, 3.8) is 0 Å². The van der Waals surface area contributed by atoms with E-state index in [4.69, 9.17) is 4.74 Å². The van der Waals surface area contributed by atoms with Gasteiger partial charge in [0.25, 0.3) is 5.91 Å². The Labute approximate surface area is 177 Å². The van der Waals surface area contributed by atoms with Crippen molar-refractivity contribution in [1.29, 1.82) is 0 Å². The maximum absolute atomic E-state index is 13.0. The Morgan fingerprint density at radius 1 is 1.17 bits per heavy atom. The summed E-state index contributed by atoms with van der Waals surface area (Å²) in [6.07, 6.45) is 1.52. The molecule has 6 nitrogen and oxygen atoms in total. The minimum atomic E-state index is -0.287. The van der Waals surface area contributed by atoms with Gasteiger partial charge in [-0.3, -0.25) is 10.1 Å². The first kappa shape index (κ1) is 19.8. The average Bonchev–Trinajstić information content (AvgIpc) is 3.38. The number of benzene rings is 2. The number of anilines is 1. The second-order valence-electron chi connectivity index (χ2n) is 6.77. The molecule has 0 saturated carbocycles. The highest BCUT2D eigenvalue weighted by Crippen LogP contribution is 2.19. The molecular formula is C22H19FN4O2S. The second kappa shape index (κ2) is 8.87. The molecule has 1 amide bonds. The van der Waals surface area contributed by atoms with Crippen molar-refractivity contribution in [1.82, 2.24) is 14.8 Å². The van der Waals surface area contributed by atoms with Gasteiger partial charge in [0.2, 0.25) is 5.95 Å². The molecule has 0 fully saturated rings. The number of hydrogen-bond donors (Lipinski definition) is 1. The van der Waals surface area contributed by atoms with Crippen molar-refractivity contribution in [2.24, 2.45) is 0 Å². The van der Waals surface area contributed by atoms with Gasteiger partial charge in [-0.05, 0) is 53.8 Å². The van der Waals surface area contributed by atoms with Gasteiger partial charge in [-0.25, -0.2) is 14.1 Å². The first-order valence-corrected chi connectivity index (χ1v) is 10.2. The Balaban J connectivity index is 1.33. The van der Waals surface area contributed by atoms with E-state index in [0.29, 0.717) is 18.0 Å². The smallest absolute Gasteiger partial charge is 0.268 e. The number of aryl methyl sites for hydroxylation is 1. The van der Waals surface area contributed by atoms with Crippen molar-refractivity contribution < 1.29 is 13.9 Å². The van der Waals surface area contributed by atoms with Crippen molar-refractivity contribution in [3.05, 3.63) is 93.7 Å². The number of hydrogen-bond acceptors (Lipinski definition) is 5. The molecule has 0 radical (unpaired) electrons. The molecule has 0 spiro atoms. The summed E-state index contributed by atoms with van der Waals surface area (Å²) in [5.41, 5.74) is 2.93. The topological polar surface area (TPSA) is 69.0 Å². The number of thiophene rings is 1. The van der Waals surface area contributed by atoms with Gasteiger partial charge < -0.3 is 4.74 Å². The highest BCUT2D eigenvalue weighted by atomic mass is 32.1. The molecule has 8 heteroatoms. The van der Waals surface area contributed by atoms with E-state index in [1.165, 1.54) is 29.8 Å². The average molecular weight is 422 g/mol. The van der Waals surface area contributed by atoms with Crippen molar-refractivity contribution in [2.45, 2.75) is 20.1 Å². The van der Waals surface area contributed by atoms with Crippen molar-refractivity contribution in [3.8, 4) is 5.75 Å². The summed E-state index contributed by atoms with van der Waals surface area (Å²) in [5.74, 6) is 0.447. The summed E-state index contributed by atoms with van der Waals surface area (Å²) in [7, 11) is 0. The second-order valence-corrected chi connectivity index (χ2v) is 7.68. The fourth-order valence-electron chi connectivity index (χ4n) is 2.81. The monoisotopic (exact) mass is 422 g/mol. The van der Waals surface area contributed by atoms with Crippen LogP contribution in [0.2, 0.25) is 0 Å². The van der Waals surface area contributed by atoms with E-state index in [1.54, 1.807) is 22.9 Å². The number of carbonyl (C=O) groups excluding carboxylic acids is 1. The number of nitrogens with one attached hydrogen (secondary N) is 1. The maximum atomic E-state index is 13.0. The highest BCUT2D eigenvalue weighted by molar-refractivity contribution is 7.12. The Morgan fingerprint density at radius 3 is 2.80 bits per heavy atom. The summed E-state index contributed by atoms with van der Waals surface area (Å²) in [4.78, 5) is 17.1. The number of aromatic nitrogens is 3. The summed E-state index contributed by atoms with van der Waals surface area (Å²) >= 11 is 1.34. The molecule has 30 heavy (non-hydrogen) atoms. The summed E-state index contributed by atoms with van der Waals surface area (Å²) in [6, 6.07) is 15.8. The lowest BCUT2D eigenvalue weighted by Gasteiger charge is -2.05. The largest absolute Gasteiger partial charge is 0.489 e. The SMILES string of the molecule is Cc1cccc(OCc2csc(C(=O)Nc3ncn(Cc4ccc(F)cc4)n3)c2)c1. The van der Waals surface area contributed by atoms with E-state index < -0.39 is 0 Å². The Morgan fingerprint density at radius 2 is 2.00 bits per heavy atom. The van der Waals surface area contributed by atoms with Crippen LogP contribution in [0.3, 0.4) is 0 Å². The van der Waals surface area contributed by atoms with Crippen molar-refractivity contribution >= 4 is 23.2 Å². The molecule has 0 aliphatic rings. The molecule has 0 bridgehead atoms. The van der Waals surface area contributed by atoms with Crippen LogP contribution in [0, 0.1) is 12.7 Å². The molecule has 2 aromatic carbocycles. The lowest BCUT2D eigenvalue weighted by Crippen LogP contribution is -2.12. The molecule has 0 aliphatic carbocycles. The van der Waals surface area contributed by atoms with E-state index >= 15 is 0 Å². The van der Waals surface area contributed by atoms with Crippen LogP contribution < -0.4 is 10.1 Å². The lowest BCUT2D eigenvalue weighted by molar-refractivity contribution is 0.102. The molecule has 1 N–H and O–H groups in total. The molecule has 0 aliphatic heterocycles.